The Balaban J connectivity index is 1.69. The predicted octanol–water partition coefficient (Wildman–Crippen LogP) is 2.46. The number of rotatable bonds is 2. The number of anilines is 1. The van der Waals surface area contributed by atoms with Crippen molar-refractivity contribution < 1.29 is 4.79 Å². The molecule has 0 radical (unpaired) electrons. The third-order valence-corrected chi connectivity index (χ3v) is 4.10. The maximum atomic E-state index is 12.6. The van der Waals surface area contributed by atoms with E-state index in [0.717, 1.165) is 36.2 Å². The Bertz CT molecular complexity index is 853. The van der Waals surface area contributed by atoms with Crippen LogP contribution in [0.1, 0.15) is 21.5 Å². The van der Waals surface area contributed by atoms with Gasteiger partial charge in [0.15, 0.2) is 0 Å². The van der Waals surface area contributed by atoms with Gasteiger partial charge < -0.3 is 15.6 Å². The van der Waals surface area contributed by atoms with E-state index in [-0.39, 0.29) is 5.91 Å². The lowest BCUT2D eigenvalue weighted by molar-refractivity contribution is 0.102. The zero-order chi connectivity index (χ0) is 14.9. The van der Waals surface area contributed by atoms with E-state index in [1.807, 2.05) is 18.2 Å². The number of nitrogens with zero attached hydrogens (tertiary/aromatic N) is 1. The van der Waals surface area contributed by atoms with Gasteiger partial charge in [-0.25, -0.2) is 4.98 Å². The molecule has 0 saturated carbocycles. The Morgan fingerprint density at radius 2 is 2.18 bits per heavy atom. The first-order valence-electron chi connectivity index (χ1n) is 7.38. The lowest BCUT2D eigenvalue weighted by Gasteiger charge is -2.20. The molecule has 5 heteroatoms. The molecule has 0 fully saturated rings. The van der Waals surface area contributed by atoms with Crippen LogP contribution in [0.3, 0.4) is 0 Å². The van der Waals surface area contributed by atoms with Crippen molar-refractivity contribution in [2.75, 3.05) is 11.9 Å². The van der Waals surface area contributed by atoms with E-state index >= 15 is 0 Å². The van der Waals surface area contributed by atoms with Crippen LogP contribution in [0, 0.1) is 0 Å². The van der Waals surface area contributed by atoms with Gasteiger partial charge in [-0.2, -0.15) is 0 Å². The number of H-pyrrole nitrogens is 1. The summed E-state index contributed by atoms with van der Waals surface area (Å²) in [4.78, 5) is 19.9. The van der Waals surface area contributed by atoms with Crippen molar-refractivity contribution in [3.8, 4) is 0 Å². The number of amides is 1. The highest BCUT2D eigenvalue weighted by atomic mass is 16.1. The molecule has 2 aromatic heterocycles. The third-order valence-electron chi connectivity index (χ3n) is 4.10. The van der Waals surface area contributed by atoms with Crippen LogP contribution in [0.25, 0.3) is 11.0 Å². The summed E-state index contributed by atoms with van der Waals surface area (Å²) < 4.78 is 0. The molecule has 1 amide bonds. The van der Waals surface area contributed by atoms with Crippen LogP contribution in [-0.2, 0) is 13.0 Å². The predicted molar refractivity (Wildman–Crippen MR) is 85.9 cm³/mol. The molecule has 0 bridgehead atoms. The molecular weight excluding hydrogens is 276 g/mol. The molecule has 3 N–H and O–H groups in total. The number of aromatic amines is 1. The van der Waals surface area contributed by atoms with E-state index in [2.05, 4.69) is 26.7 Å². The molecule has 0 atom stereocenters. The summed E-state index contributed by atoms with van der Waals surface area (Å²) >= 11 is 0. The zero-order valence-electron chi connectivity index (χ0n) is 12.0. The van der Waals surface area contributed by atoms with Crippen LogP contribution in [-0.4, -0.2) is 22.4 Å². The normalized spacial score (nSPS) is 13.8. The minimum absolute atomic E-state index is 0.106. The first-order valence-corrected chi connectivity index (χ1v) is 7.38. The fourth-order valence-corrected chi connectivity index (χ4v) is 2.98. The van der Waals surface area contributed by atoms with Gasteiger partial charge in [0.2, 0.25) is 0 Å². The van der Waals surface area contributed by atoms with Gasteiger partial charge in [-0.1, -0.05) is 12.1 Å². The van der Waals surface area contributed by atoms with Crippen molar-refractivity contribution in [1.29, 1.82) is 0 Å². The maximum absolute atomic E-state index is 12.6. The number of aromatic nitrogens is 2. The molecule has 4 rings (SSSR count). The van der Waals surface area contributed by atoms with Crippen LogP contribution in [0.5, 0.6) is 0 Å². The van der Waals surface area contributed by atoms with Gasteiger partial charge >= 0.3 is 0 Å². The summed E-state index contributed by atoms with van der Waals surface area (Å²) in [5.74, 6) is -0.106. The minimum atomic E-state index is -0.106. The molecule has 1 aliphatic rings. The van der Waals surface area contributed by atoms with Gasteiger partial charge in [0.25, 0.3) is 5.91 Å². The Hall–Kier alpha value is -2.66. The molecular formula is C17H16N4O. The summed E-state index contributed by atoms with van der Waals surface area (Å²) in [6, 6.07) is 9.71. The monoisotopic (exact) mass is 292 g/mol. The number of nitrogens with one attached hydrogen (secondary N) is 3. The third kappa shape index (κ3) is 2.16. The van der Waals surface area contributed by atoms with E-state index in [0.29, 0.717) is 5.56 Å². The molecule has 3 heterocycles. The summed E-state index contributed by atoms with van der Waals surface area (Å²) in [6.45, 7) is 1.78. The lowest BCUT2D eigenvalue weighted by Crippen LogP contribution is -2.25. The van der Waals surface area contributed by atoms with Crippen molar-refractivity contribution in [2.24, 2.45) is 0 Å². The number of fused-ring (bicyclic) bond motifs is 2. The lowest BCUT2D eigenvalue weighted by atomic mass is 9.99. The minimum Gasteiger partial charge on any atom is -0.346 e. The van der Waals surface area contributed by atoms with Crippen molar-refractivity contribution >= 4 is 22.6 Å². The quantitative estimate of drug-likeness (QED) is 0.679. The van der Waals surface area contributed by atoms with Gasteiger partial charge in [-0.15, -0.1) is 0 Å². The van der Waals surface area contributed by atoms with Crippen molar-refractivity contribution in [3.63, 3.8) is 0 Å². The second kappa shape index (κ2) is 5.27. The van der Waals surface area contributed by atoms with E-state index < -0.39 is 0 Å². The van der Waals surface area contributed by atoms with Crippen molar-refractivity contribution in [1.82, 2.24) is 15.3 Å². The Kier molecular flexibility index (Phi) is 3.12. The number of carbonyl (C=O) groups excluding carboxylic acids is 1. The molecule has 3 aromatic rings. The molecule has 0 aliphatic carbocycles. The number of pyridine rings is 1. The summed E-state index contributed by atoms with van der Waals surface area (Å²) in [7, 11) is 0. The van der Waals surface area contributed by atoms with Gasteiger partial charge in [0, 0.05) is 30.0 Å². The Morgan fingerprint density at radius 3 is 3.14 bits per heavy atom. The number of hydrogen-bond acceptors (Lipinski definition) is 3. The second-order valence-corrected chi connectivity index (χ2v) is 5.42. The van der Waals surface area contributed by atoms with Crippen LogP contribution in [0.2, 0.25) is 0 Å². The molecule has 22 heavy (non-hydrogen) atoms. The highest BCUT2D eigenvalue weighted by Gasteiger charge is 2.16. The van der Waals surface area contributed by atoms with Crippen LogP contribution >= 0.6 is 0 Å². The summed E-state index contributed by atoms with van der Waals surface area (Å²) in [5, 5.41) is 7.24. The zero-order valence-corrected chi connectivity index (χ0v) is 12.0. The molecule has 0 unspecified atom stereocenters. The summed E-state index contributed by atoms with van der Waals surface area (Å²) in [5.41, 5.74) is 4.73. The second-order valence-electron chi connectivity index (χ2n) is 5.42. The summed E-state index contributed by atoms with van der Waals surface area (Å²) in [6.07, 6.45) is 4.44. The molecule has 1 aliphatic heterocycles. The highest BCUT2D eigenvalue weighted by molar-refractivity contribution is 6.12. The topological polar surface area (TPSA) is 69.8 Å². The number of carbonyl (C=O) groups is 1. The molecule has 0 saturated heterocycles. The smallest absolute Gasteiger partial charge is 0.256 e. The highest BCUT2D eigenvalue weighted by Crippen LogP contribution is 2.24. The Morgan fingerprint density at radius 1 is 1.23 bits per heavy atom. The van der Waals surface area contributed by atoms with Gasteiger partial charge in [-0.3, -0.25) is 4.79 Å². The van der Waals surface area contributed by atoms with Crippen LogP contribution in [0.15, 0.2) is 42.7 Å². The van der Waals surface area contributed by atoms with E-state index in [9.17, 15) is 4.79 Å². The first-order chi connectivity index (χ1) is 10.8. The van der Waals surface area contributed by atoms with Gasteiger partial charge in [0.1, 0.15) is 5.65 Å². The van der Waals surface area contributed by atoms with E-state index in [4.69, 9.17) is 0 Å². The SMILES string of the molecule is O=C(Nc1cccc2c1CNCC2)c1ccnc2[nH]ccc12. The van der Waals surface area contributed by atoms with Crippen LogP contribution in [0.4, 0.5) is 5.69 Å². The fourth-order valence-electron chi connectivity index (χ4n) is 2.98. The van der Waals surface area contributed by atoms with E-state index in [1.54, 1.807) is 18.5 Å². The molecule has 5 nitrogen and oxygen atoms in total. The largest absolute Gasteiger partial charge is 0.346 e. The average Bonchev–Trinajstić information content (AvgIpc) is 3.03. The fraction of sp³-hybridized carbons (Fsp3) is 0.176. The molecule has 110 valence electrons. The standard InChI is InChI=1S/C17H16N4O/c22-17(13-6-9-20-16-12(13)5-8-19-16)21-15-3-1-2-11-4-7-18-10-14(11)15/h1-3,5-6,8-9,18H,4,7,10H2,(H,19,20)(H,21,22). The van der Waals surface area contributed by atoms with Gasteiger partial charge in [0.05, 0.1) is 5.56 Å². The van der Waals surface area contributed by atoms with E-state index in [1.165, 1.54) is 11.1 Å². The maximum Gasteiger partial charge on any atom is 0.256 e. The van der Waals surface area contributed by atoms with Crippen LogP contribution < -0.4 is 10.6 Å². The first kappa shape index (κ1) is 13.0. The molecule has 1 aromatic carbocycles. The Labute approximate surface area is 127 Å². The van der Waals surface area contributed by atoms with Crippen molar-refractivity contribution in [3.05, 3.63) is 59.4 Å². The molecule has 0 spiro atoms. The average molecular weight is 292 g/mol. The number of hydrogen-bond donors (Lipinski definition) is 3. The van der Waals surface area contributed by atoms with Crippen molar-refractivity contribution in [2.45, 2.75) is 13.0 Å². The number of benzene rings is 1. The van der Waals surface area contributed by atoms with Gasteiger partial charge in [-0.05, 0) is 42.3 Å².